The van der Waals surface area contributed by atoms with Crippen LogP contribution in [0, 0.1) is 0 Å². The van der Waals surface area contributed by atoms with Gasteiger partial charge in [0.15, 0.2) is 0 Å². The van der Waals surface area contributed by atoms with E-state index in [0.717, 1.165) is 0 Å². The molecule has 16 heavy (non-hydrogen) atoms. The number of alkyl carbamates (subject to hydrolysis) is 1. The molecule has 0 spiro atoms. The van der Waals surface area contributed by atoms with E-state index >= 15 is 0 Å². The Balaban J connectivity index is 4.07. The fraction of sp³-hybridized carbons (Fsp3) is 0.667. The molecule has 92 valence electrons. The quantitative estimate of drug-likeness (QED) is 0.622. The number of rotatable bonds is 3. The van der Waals surface area contributed by atoms with Crippen LogP contribution in [0.2, 0.25) is 0 Å². The molecular formula is C9H16N2O5. The molecule has 1 atom stereocenters. The van der Waals surface area contributed by atoms with Gasteiger partial charge in [0.2, 0.25) is 5.91 Å². The standard InChI is InChI=1S/C9H16N2O5/c1-9(2,3)16-8(15)11-6(12)4-5(10)7(13)14/h5H,4,10H2,1-3H3,(H,13,14)(H,11,12,15). The van der Waals surface area contributed by atoms with Gasteiger partial charge in [-0.2, -0.15) is 0 Å². The Morgan fingerprint density at radius 1 is 1.38 bits per heavy atom. The van der Waals surface area contributed by atoms with Crippen LogP contribution in [0.1, 0.15) is 27.2 Å². The summed E-state index contributed by atoms with van der Waals surface area (Å²) in [6.07, 6.45) is -1.40. The van der Waals surface area contributed by atoms with Crippen molar-refractivity contribution in [3.63, 3.8) is 0 Å². The van der Waals surface area contributed by atoms with E-state index in [0.29, 0.717) is 0 Å². The van der Waals surface area contributed by atoms with Crippen molar-refractivity contribution < 1.29 is 24.2 Å². The van der Waals surface area contributed by atoms with Crippen molar-refractivity contribution in [1.82, 2.24) is 5.32 Å². The monoisotopic (exact) mass is 232 g/mol. The molecule has 7 nitrogen and oxygen atoms in total. The molecule has 0 saturated heterocycles. The van der Waals surface area contributed by atoms with E-state index in [-0.39, 0.29) is 0 Å². The second kappa shape index (κ2) is 5.45. The van der Waals surface area contributed by atoms with Gasteiger partial charge in [-0.15, -0.1) is 0 Å². The van der Waals surface area contributed by atoms with Gasteiger partial charge in [-0.05, 0) is 20.8 Å². The van der Waals surface area contributed by atoms with Crippen LogP contribution in [0.3, 0.4) is 0 Å². The van der Waals surface area contributed by atoms with Crippen LogP contribution in [0.4, 0.5) is 4.79 Å². The summed E-state index contributed by atoms with van der Waals surface area (Å²) in [5.74, 6) is -2.09. The van der Waals surface area contributed by atoms with Crippen molar-refractivity contribution in [2.24, 2.45) is 5.73 Å². The minimum absolute atomic E-state index is 0.478. The summed E-state index contributed by atoms with van der Waals surface area (Å²) in [5, 5.41) is 10.3. The lowest BCUT2D eigenvalue weighted by atomic mass is 10.2. The number of hydrogen-bond acceptors (Lipinski definition) is 5. The molecule has 0 radical (unpaired) electrons. The van der Waals surface area contributed by atoms with Crippen molar-refractivity contribution in [2.75, 3.05) is 0 Å². The van der Waals surface area contributed by atoms with Crippen LogP contribution in [-0.2, 0) is 14.3 Å². The first-order valence-corrected chi connectivity index (χ1v) is 4.63. The summed E-state index contributed by atoms with van der Waals surface area (Å²) in [5.41, 5.74) is 4.38. The second-order valence-corrected chi connectivity index (χ2v) is 4.20. The van der Waals surface area contributed by atoms with Gasteiger partial charge in [0.25, 0.3) is 0 Å². The van der Waals surface area contributed by atoms with Crippen LogP contribution in [0.25, 0.3) is 0 Å². The highest BCUT2D eigenvalue weighted by Gasteiger charge is 2.21. The van der Waals surface area contributed by atoms with Crippen molar-refractivity contribution in [3.05, 3.63) is 0 Å². The fourth-order valence-corrected chi connectivity index (χ4v) is 0.756. The molecule has 0 fully saturated rings. The summed E-state index contributed by atoms with van der Waals surface area (Å²) >= 11 is 0. The molecule has 1 unspecified atom stereocenters. The zero-order valence-electron chi connectivity index (χ0n) is 9.44. The Labute approximate surface area is 92.9 Å². The number of carbonyl (C=O) groups is 3. The Kier molecular flexibility index (Phi) is 4.90. The predicted molar refractivity (Wildman–Crippen MR) is 54.6 cm³/mol. The van der Waals surface area contributed by atoms with Crippen molar-refractivity contribution in [1.29, 1.82) is 0 Å². The number of hydrogen-bond donors (Lipinski definition) is 3. The maximum absolute atomic E-state index is 11.1. The average molecular weight is 232 g/mol. The Bertz CT molecular complexity index is 295. The maximum atomic E-state index is 11.1. The third kappa shape index (κ3) is 6.77. The number of nitrogens with one attached hydrogen (secondary N) is 1. The lowest BCUT2D eigenvalue weighted by Crippen LogP contribution is -2.41. The summed E-state index contributed by atoms with van der Waals surface area (Å²) in [7, 11) is 0. The minimum Gasteiger partial charge on any atom is -0.480 e. The number of aliphatic carboxylic acids is 1. The second-order valence-electron chi connectivity index (χ2n) is 4.20. The van der Waals surface area contributed by atoms with Crippen LogP contribution in [-0.4, -0.2) is 34.7 Å². The average Bonchev–Trinajstić information content (AvgIpc) is 1.98. The first-order valence-electron chi connectivity index (χ1n) is 4.63. The van der Waals surface area contributed by atoms with E-state index in [1.807, 2.05) is 5.32 Å². The van der Waals surface area contributed by atoms with E-state index in [2.05, 4.69) is 0 Å². The number of carboxylic acid groups (broad SMARTS) is 1. The molecule has 0 rings (SSSR count). The molecule has 0 heterocycles. The lowest BCUT2D eigenvalue weighted by molar-refractivity contribution is -0.140. The molecule has 0 aliphatic heterocycles. The van der Waals surface area contributed by atoms with Crippen molar-refractivity contribution in [2.45, 2.75) is 38.8 Å². The van der Waals surface area contributed by atoms with Crippen LogP contribution in [0.5, 0.6) is 0 Å². The van der Waals surface area contributed by atoms with E-state index in [1.165, 1.54) is 0 Å². The number of amides is 2. The van der Waals surface area contributed by atoms with Crippen molar-refractivity contribution in [3.8, 4) is 0 Å². The van der Waals surface area contributed by atoms with Gasteiger partial charge < -0.3 is 15.6 Å². The number of ether oxygens (including phenoxy) is 1. The van der Waals surface area contributed by atoms with Crippen LogP contribution < -0.4 is 11.1 Å². The molecule has 0 saturated carbocycles. The van der Waals surface area contributed by atoms with Crippen LogP contribution >= 0.6 is 0 Å². The van der Waals surface area contributed by atoms with Gasteiger partial charge in [0, 0.05) is 0 Å². The molecule has 0 aromatic heterocycles. The summed E-state index contributed by atoms with van der Waals surface area (Å²) in [4.78, 5) is 32.5. The van der Waals surface area contributed by atoms with E-state index in [1.54, 1.807) is 20.8 Å². The summed E-state index contributed by atoms with van der Waals surface area (Å²) < 4.78 is 4.79. The third-order valence-corrected chi connectivity index (χ3v) is 1.36. The summed E-state index contributed by atoms with van der Waals surface area (Å²) in [6, 6.07) is -1.33. The summed E-state index contributed by atoms with van der Waals surface area (Å²) in [6.45, 7) is 4.92. The Morgan fingerprint density at radius 2 is 1.88 bits per heavy atom. The highest BCUT2D eigenvalue weighted by Crippen LogP contribution is 2.06. The normalized spacial score (nSPS) is 12.8. The molecule has 0 aromatic carbocycles. The highest BCUT2D eigenvalue weighted by molar-refractivity contribution is 5.94. The third-order valence-electron chi connectivity index (χ3n) is 1.36. The van der Waals surface area contributed by atoms with E-state index < -0.39 is 36.0 Å². The van der Waals surface area contributed by atoms with Gasteiger partial charge in [-0.25, -0.2) is 4.79 Å². The van der Waals surface area contributed by atoms with Crippen LogP contribution in [0.15, 0.2) is 0 Å². The molecular weight excluding hydrogens is 216 g/mol. The minimum atomic E-state index is -1.33. The molecule has 0 aliphatic carbocycles. The topological polar surface area (TPSA) is 119 Å². The maximum Gasteiger partial charge on any atom is 0.414 e. The van der Waals surface area contributed by atoms with Gasteiger partial charge in [0.1, 0.15) is 11.6 Å². The smallest absolute Gasteiger partial charge is 0.414 e. The predicted octanol–water partition coefficient (Wildman–Crippen LogP) is -0.160. The zero-order valence-corrected chi connectivity index (χ0v) is 9.44. The van der Waals surface area contributed by atoms with Gasteiger partial charge in [-0.3, -0.25) is 14.9 Å². The number of carbonyl (C=O) groups excluding carboxylic acids is 2. The largest absolute Gasteiger partial charge is 0.480 e. The SMILES string of the molecule is CC(C)(C)OC(=O)NC(=O)CC(N)C(=O)O. The Morgan fingerprint density at radius 3 is 2.25 bits per heavy atom. The molecule has 2 amide bonds. The first-order chi connectivity index (χ1) is 7.11. The van der Waals surface area contributed by atoms with Gasteiger partial charge in [-0.1, -0.05) is 0 Å². The van der Waals surface area contributed by atoms with Crippen molar-refractivity contribution >= 4 is 18.0 Å². The highest BCUT2D eigenvalue weighted by atomic mass is 16.6. The molecule has 0 aliphatic rings. The first kappa shape index (κ1) is 14.4. The number of carboxylic acids is 1. The number of nitrogens with two attached hydrogens (primary N) is 1. The fourth-order valence-electron chi connectivity index (χ4n) is 0.756. The molecule has 0 bridgehead atoms. The molecule has 0 aromatic rings. The Hall–Kier alpha value is -1.63. The number of imide groups is 1. The van der Waals surface area contributed by atoms with E-state index in [9.17, 15) is 14.4 Å². The van der Waals surface area contributed by atoms with E-state index in [4.69, 9.17) is 15.6 Å². The van der Waals surface area contributed by atoms with Gasteiger partial charge >= 0.3 is 12.1 Å². The molecule has 7 heteroatoms. The van der Waals surface area contributed by atoms with Gasteiger partial charge in [0.05, 0.1) is 6.42 Å². The lowest BCUT2D eigenvalue weighted by Gasteiger charge is -2.19. The molecule has 4 N–H and O–H groups in total. The zero-order chi connectivity index (χ0) is 12.9.